The van der Waals surface area contributed by atoms with Crippen molar-refractivity contribution in [3.63, 3.8) is 0 Å². The molecule has 0 spiro atoms. The highest BCUT2D eigenvalue weighted by Crippen LogP contribution is 3.05. The summed E-state index contributed by atoms with van der Waals surface area (Å²) >= 11 is 0. The zero-order valence-electron chi connectivity index (χ0n) is 14.5. The van der Waals surface area contributed by atoms with Crippen molar-refractivity contribution >= 4 is 34.3 Å². The third-order valence-corrected chi connectivity index (χ3v) is 46.5. The number of hydrogen-bond donors (Lipinski definition) is 1. The van der Waals surface area contributed by atoms with Gasteiger partial charge in [0.1, 0.15) is 0 Å². The SMILES string of the molecule is CS(C)(C)S(CC[C@@H]1CCN1)(S(C)(C)C)S(C)(C)C. The number of nitrogens with one attached hydrogen (secondary N) is 1. The van der Waals surface area contributed by atoms with Crippen molar-refractivity contribution in [1.29, 1.82) is 0 Å². The molecule has 1 fully saturated rings. The van der Waals surface area contributed by atoms with Gasteiger partial charge in [0, 0.05) is 11.8 Å². The number of rotatable bonds is 6. The monoisotopic (exact) mass is 347 g/mol. The van der Waals surface area contributed by atoms with Crippen molar-refractivity contribution in [2.75, 3.05) is 68.6 Å². The molecule has 1 rings (SSSR count). The predicted octanol–water partition coefficient (Wildman–Crippen LogP) is 4.37. The first kappa shape index (κ1) is 18.4. The van der Waals surface area contributed by atoms with E-state index in [1.165, 1.54) is 25.1 Å². The first-order valence-corrected chi connectivity index (χ1v) is 18.8. The van der Waals surface area contributed by atoms with Gasteiger partial charge in [0.25, 0.3) is 0 Å². The lowest BCUT2D eigenvalue weighted by Gasteiger charge is -2.72. The van der Waals surface area contributed by atoms with Crippen LogP contribution in [0.25, 0.3) is 0 Å². The highest BCUT2D eigenvalue weighted by atomic mass is 33.9. The Hall–Kier alpha value is 1.36. The smallest absolute Gasteiger partial charge is 0.00872 e. The van der Waals surface area contributed by atoms with Crippen molar-refractivity contribution in [3.05, 3.63) is 0 Å². The summed E-state index contributed by atoms with van der Waals surface area (Å²) in [5.41, 5.74) is 0. The molecule has 0 bridgehead atoms. The molecule has 1 heterocycles. The number of hydrogen-bond acceptors (Lipinski definition) is 1. The molecule has 0 radical (unpaired) electrons. The highest BCUT2D eigenvalue weighted by molar-refractivity contribution is 9.63. The quantitative estimate of drug-likeness (QED) is 0.704. The predicted molar refractivity (Wildman–Crippen MR) is 110 cm³/mol. The van der Waals surface area contributed by atoms with E-state index in [0.717, 1.165) is 6.04 Å². The van der Waals surface area contributed by atoms with Crippen LogP contribution in [-0.4, -0.2) is 74.6 Å². The Labute approximate surface area is 126 Å². The molecule has 0 aromatic rings. The first-order valence-electron chi connectivity index (χ1n) is 6.92. The van der Waals surface area contributed by atoms with Gasteiger partial charge in [-0.3, -0.25) is 0 Å². The summed E-state index contributed by atoms with van der Waals surface area (Å²) in [6.45, 7) is 1.25. The van der Waals surface area contributed by atoms with E-state index in [-0.39, 0.29) is 0 Å². The fourth-order valence-corrected chi connectivity index (χ4v) is 58.7. The molecule has 0 aromatic carbocycles. The molecule has 1 saturated heterocycles. The van der Waals surface area contributed by atoms with Crippen LogP contribution in [0.1, 0.15) is 12.8 Å². The third-order valence-electron chi connectivity index (χ3n) is 3.93. The fourth-order valence-electron chi connectivity index (χ4n) is 3.47. The first-order chi connectivity index (χ1) is 8.33. The average Bonchev–Trinajstić information content (AvgIpc) is 2.01. The molecular formula is C14H37NS4. The van der Waals surface area contributed by atoms with Crippen molar-refractivity contribution in [2.45, 2.75) is 18.9 Å². The third kappa shape index (κ3) is 3.58. The van der Waals surface area contributed by atoms with Crippen LogP contribution < -0.4 is 5.32 Å². The minimum absolute atomic E-state index is 0.492. The molecule has 0 aliphatic carbocycles. The summed E-state index contributed by atoms with van der Waals surface area (Å²) < 4.78 is 0. The van der Waals surface area contributed by atoms with Gasteiger partial charge in [-0.05, 0) is 75.7 Å². The molecule has 0 aromatic heterocycles. The lowest BCUT2D eigenvalue weighted by Crippen LogP contribution is -2.43. The van der Waals surface area contributed by atoms with Crippen LogP contribution in [0.5, 0.6) is 0 Å². The van der Waals surface area contributed by atoms with E-state index in [0.29, 0.717) is 0 Å². The van der Waals surface area contributed by atoms with Crippen LogP contribution in [0.2, 0.25) is 0 Å². The molecule has 1 aliphatic heterocycles. The normalized spacial score (nSPS) is 25.6. The lowest BCUT2D eigenvalue weighted by atomic mass is 10.1. The zero-order valence-corrected chi connectivity index (χ0v) is 17.8. The van der Waals surface area contributed by atoms with E-state index in [4.69, 9.17) is 0 Å². The summed E-state index contributed by atoms with van der Waals surface area (Å²) in [6.07, 6.45) is 26.3. The molecule has 1 nitrogen and oxygen atoms in total. The molecule has 0 amide bonds. The van der Waals surface area contributed by atoms with Crippen molar-refractivity contribution in [1.82, 2.24) is 5.32 Å². The van der Waals surface area contributed by atoms with Crippen LogP contribution in [0.4, 0.5) is 0 Å². The van der Waals surface area contributed by atoms with Gasteiger partial charge >= 0.3 is 0 Å². The van der Waals surface area contributed by atoms with Crippen LogP contribution in [0.3, 0.4) is 0 Å². The summed E-state index contributed by atoms with van der Waals surface area (Å²) in [5.74, 6) is 1.52. The van der Waals surface area contributed by atoms with E-state index in [9.17, 15) is 0 Å². The molecule has 1 atom stereocenters. The maximum absolute atomic E-state index is 3.61. The van der Waals surface area contributed by atoms with Gasteiger partial charge in [0.05, 0.1) is 0 Å². The maximum Gasteiger partial charge on any atom is 0.00872 e. The van der Waals surface area contributed by atoms with Gasteiger partial charge in [0.15, 0.2) is 0 Å². The molecule has 19 heavy (non-hydrogen) atoms. The maximum atomic E-state index is 3.61. The Balaban J connectivity index is 3.11. The van der Waals surface area contributed by atoms with Crippen molar-refractivity contribution in [3.8, 4) is 0 Å². The molecule has 1 N–H and O–H groups in total. The zero-order chi connectivity index (χ0) is 15.1. The minimum atomic E-state index is -0.506. The van der Waals surface area contributed by atoms with Crippen molar-refractivity contribution in [2.24, 2.45) is 0 Å². The van der Waals surface area contributed by atoms with E-state index in [1.54, 1.807) is 0 Å². The second kappa shape index (κ2) is 5.86. The Morgan fingerprint density at radius 1 is 0.789 bits per heavy atom. The van der Waals surface area contributed by atoms with Gasteiger partial charge in [-0.2, -0.15) is 0 Å². The molecule has 0 saturated carbocycles. The van der Waals surface area contributed by atoms with Crippen LogP contribution in [0.15, 0.2) is 0 Å². The Morgan fingerprint density at radius 3 is 1.37 bits per heavy atom. The van der Waals surface area contributed by atoms with Gasteiger partial charge in [-0.15, -0.1) is 7.12 Å². The van der Waals surface area contributed by atoms with Crippen LogP contribution in [-0.2, 0) is 0 Å². The molecule has 122 valence electrons. The Morgan fingerprint density at radius 2 is 1.16 bits per heavy atom. The topological polar surface area (TPSA) is 12.0 Å². The van der Waals surface area contributed by atoms with Gasteiger partial charge in [-0.1, -0.05) is 0 Å². The standard InChI is InChI=1S/C14H37NS4/c1-16(2,3)19(17(4,5)6,18(7,8)9)13-11-14-10-12-15-14/h14-15H,10-13H2,1-9H3/t14-/m0/s1. The Kier molecular flexibility index (Phi) is 5.68. The van der Waals surface area contributed by atoms with E-state index < -0.39 is 34.3 Å². The molecule has 1 aliphatic rings. The minimum Gasteiger partial charge on any atom is -0.314 e. The second-order valence-electron chi connectivity index (χ2n) is 7.66. The summed E-state index contributed by atoms with van der Waals surface area (Å²) in [5, 5.41) is 3.61. The average molecular weight is 348 g/mol. The van der Waals surface area contributed by atoms with E-state index in [1.807, 2.05) is 0 Å². The molecule has 0 unspecified atom stereocenters. The molecule has 5 heteroatoms. The van der Waals surface area contributed by atoms with Gasteiger partial charge in [-0.25, -0.2) is 27.2 Å². The van der Waals surface area contributed by atoms with Crippen LogP contribution >= 0.6 is 34.3 Å². The highest BCUT2D eigenvalue weighted by Gasteiger charge is 2.47. The second-order valence-corrected chi connectivity index (χ2v) is 35.6. The Bertz CT molecular complexity index is 269. The fraction of sp³-hybridized carbons (Fsp3) is 1.00. The summed E-state index contributed by atoms with van der Waals surface area (Å²) in [4.78, 5) is 0. The van der Waals surface area contributed by atoms with E-state index >= 15 is 0 Å². The molecular weight excluding hydrogens is 310 g/mol. The van der Waals surface area contributed by atoms with Crippen molar-refractivity contribution < 1.29 is 0 Å². The van der Waals surface area contributed by atoms with Crippen LogP contribution in [0, 0.1) is 0 Å². The van der Waals surface area contributed by atoms with E-state index in [2.05, 4.69) is 61.6 Å². The largest absolute Gasteiger partial charge is 0.314 e. The summed E-state index contributed by atoms with van der Waals surface area (Å²) in [6, 6.07) is 0.831. The summed E-state index contributed by atoms with van der Waals surface area (Å²) in [7, 11) is -1.98. The lowest BCUT2D eigenvalue weighted by molar-refractivity contribution is 0.364. The van der Waals surface area contributed by atoms with Gasteiger partial charge in [0.2, 0.25) is 0 Å². The van der Waals surface area contributed by atoms with Gasteiger partial charge < -0.3 is 5.32 Å².